The van der Waals surface area contributed by atoms with Crippen LogP contribution in [0.5, 0.6) is 0 Å². The van der Waals surface area contributed by atoms with Crippen LogP contribution in [0.3, 0.4) is 0 Å². The first-order valence-electron chi connectivity index (χ1n) is 5.26. The average Bonchev–Trinajstić information content (AvgIpc) is 2.62. The molecule has 0 amide bonds. The topological polar surface area (TPSA) is 104 Å². The number of H-pyrrole nitrogens is 1. The van der Waals surface area contributed by atoms with Crippen LogP contribution in [0, 0.1) is 0 Å². The molecule has 0 saturated heterocycles. The zero-order valence-corrected chi connectivity index (χ0v) is 11.1. The molecule has 1 rings (SSSR count). The molecule has 0 spiro atoms. The summed E-state index contributed by atoms with van der Waals surface area (Å²) in [6.45, 7) is 2.55. The molecule has 0 bridgehead atoms. The maximum Gasteiger partial charge on any atom is 0.258 e. The molecule has 0 aliphatic rings. The van der Waals surface area contributed by atoms with Crippen molar-refractivity contribution in [2.75, 3.05) is 20.6 Å². The van der Waals surface area contributed by atoms with E-state index in [0.717, 1.165) is 0 Å². The van der Waals surface area contributed by atoms with E-state index in [2.05, 4.69) is 14.9 Å². The quantitative estimate of drug-likeness (QED) is 0.615. The van der Waals surface area contributed by atoms with Crippen LogP contribution in [0.4, 0.5) is 0 Å². The lowest BCUT2D eigenvalue weighted by Crippen LogP contribution is -2.39. The van der Waals surface area contributed by atoms with Crippen LogP contribution in [0.1, 0.15) is 12.5 Å². The highest BCUT2D eigenvalue weighted by atomic mass is 32.2. The van der Waals surface area contributed by atoms with E-state index in [4.69, 9.17) is 5.73 Å². The predicted molar refractivity (Wildman–Crippen MR) is 64.8 cm³/mol. The number of aromatic nitrogens is 2. The summed E-state index contributed by atoms with van der Waals surface area (Å²) < 4.78 is 26.6. The van der Waals surface area contributed by atoms with Crippen LogP contribution in [0.25, 0.3) is 0 Å². The third kappa shape index (κ3) is 3.77. The molecule has 0 saturated carbocycles. The third-order valence-corrected chi connectivity index (χ3v) is 3.77. The molecule has 7 nitrogen and oxygen atoms in total. The van der Waals surface area contributed by atoms with Gasteiger partial charge in [-0.05, 0) is 21.0 Å². The summed E-state index contributed by atoms with van der Waals surface area (Å²) in [6, 6.07) is -0.191. The molecular weight excluding hydrogens is 242 g/mol. The van der Waals surface area contributed by atoms with E-state index >= 15 is 0 Å². The number of hydrogen-bond donors (Lipinski definition) is 3. The Kier molecular flexibility index (Phi) is 4.63. The first kappa shape index (κ1) is 14.1. The van der Waals surface area contributed by atoms with Crippen molar-refractivity contribution in [2.45, 2.75) is 24.5 Å². The number of sulfonamides is 1. The fraction of sp³-hybridized carbons (Fsp3) is 0.667. The van der Waals surface area contributed by atoms with Crippen molar-refractivity contribution in [3.05, 3.63) is 11.8 Å². The van der Waals surface area contributed by atoms with Crippen LogP contribution >= 0.6 is 0 Å². The fourth-order valence-electron chi connectivity index (χ4n) is 1.59. The van der Waals surface area contributed by atoms with E-state index in [0.29, 0.717) is 12.1 Å². The zero-order valence-electron chi connectivity index (χ0n) is 10.3. The Morgan fingerprint density at radius 3 is 2.76 bits per heavy atom. The van der Waals surface area contributed by atoms with Gasteiger partial charge in [0.15, 0.2) is 5.03 Å². The highest BCUT2D eigenvalue weighted by Gasteiger charge is 2.22. The molecule has 0 aliphatic heterocycles. The second-order valence-corrected chi connectivity index (χ2v) is 5.86. The molecule has 1 atom stereocenters. The molecule has 98 valence electrons. The number of nitrogens with two attached hydrogens (primary N) is 1. The van der Waals surface area contributed by atoms with Gasteiger partial charge in [0, 0.05) is 24.7 Å². The van der Waals surface area contributed by atoms with Crippen molar-refractivity contribution in [1.82, 2.24) is 19.8 Å². The number of hydrogen-bond acceptors (Lipinski definition) is 5. The minimum atomic E-state index is -3.58. The van der Waals surface area contributed by atoms with E-state index in [1.54, 1.807) is 6.92 Å². The first-order valence-corrected chi connectivity index (χ1v) is 6.74. The molecule has 1 aromatic rings. The first-order chi connectivity index (χ1) is 7.86. The maximum absolute atomic E-state index is 12.0. The average molecular weight is 261 g/mol. The molecule has 17 heavy (non-hydrogen) atoms. The lowest BCUT2D eigenvalue weighted by molar-refractivity contribution is 0.370. The van der Waals surface area contributed by atoms with Crippen LogP contribution in [-0.4, -0.2) is 50.2 Å². The molecule has 0 radical (unpaired) electrons. The monoisotopic (exact) mass is 261 g/mol. The molecule has 1 unspecified atom stereocenters. The van der Waals surface area contributed by atoms with Gasteiger partial charge in [-0.15, -0.1) is 0 Å². The van der Waals surface area contributed by atoms with E-state index in [-0.39, 0.29) is 17.6 Å². The minimum Gasteiger partial charge on any atom is -0.326 e. The van der Waals surface area contributed by atoms with Gasteiger partial charge in [-0.25, -0.2) is 13.1 Å². The molecule has 1 aromatic heterocycles. The number of nitrogens with zero attached hydrogens (tertiary/aromatic N) is 2. The van der Waals surface area contributed by atoms with Crippen molar-refractivity contribution in [2.24, 2.45) is 5.73 Å². The Bertz CT molecular complexity index is 454. The highest BCUT2D eigenvalue weighted by Crippen LogP contribution is 2.11. The van der Waals surface area contributed by atoms with Crippen LogP contribution < -0.4 is 10.5 Å². The predicted octanol–water partition coefficient (Wildman–Crippen LogP) is -0.903. The van der Waals surface area contributed by atoms with Crippen molar-refractivity contribution >= 4 is 10.0 Å². The summed E-state index contributed by atoms with van der Waals surface area (Å²) in [6.07, 6.45) is 1.42. The fourth-order valence-corrected chi connectivity index (χ4v) is 2.96. The summed E-state index contributed by atoms with van der Waals surface area (Å²) in [5.74, 6) is 0. The van der Waals surface area contributed by atoms with Crippen molar-refractivity contribution in [1.29, 1.82) is 0 Å². The van der Waals surface area contributed by atoms with Gasteiger partial charge in [-0.3, -0.25) is 5.10 Å². The molecule has 0 aromatic carbocycles. The molecular formula is C9H19N5O2S. The number of rotatable bonds is 6. The summed E-state index contributed by atoms with van der Waals surface area (Å²) >= 11 is 0. The Morgan fingerprint density at radius 2 is 2.24 bits per heavy atom. The van der Waals surface area contributed by atoms with Gasteiger partial charge in [0.05, 0.1) is 6.20 Å². The van der Waals surface area contributed by atoms with E-state index < -0.39 is 10.0 Å². The normalized spacial score (nSPS) is 14.2. The summed E-state index contributed by atoms with van der Waals surface area (Å²) in [5, 5.41) is 6.20. The Hall–Kier alpha value is -0.960. The molecule has 4 N–H and O–H groups in total. The van der Waals surface area contributed by atoms with Gasteiger partial charge in [0.1, 0.15) is 0 Å². The van der Waals surface area contributed by atoms with E-state index in [1.807, 2.05) is 19.0 Å². The van der Waals surface area contributed by atoms with Gasteiger partial charge < -0.3 is 10.6 Å². The van der Waals surface area contributed by atoms with Crippen LogP contribution in [-0.2, 0) is 16.6 Å². The smallest absolute Gasteiger partial charge is 0.258 e. The van der Waals surface area contributed by atoms with Crippen LogP contribution in [0.2, 0.25) is 0 Å². The molecule has 8 heteroatoms. The second kappa shape index (κ2) is 5.58. The third-order valence-electron chi connectivity index (χ3n) is 2.16. The van der Waals surface area contributed by atoms with Gasteiger partial charge >= 0.3 is 0 Å². The summed E-state index contributed by atoms with van der Waals surface area (Å²) in [5.41, 5.74) is 5.92. The lowest BCUT2D eigenvalue weighted by atomic mass is 10.3. The summed E-state index contributed by atoms with van der Waals surface area (Å²) in [7, 11) is 0.183. The minimum absolute atomic E-state index is 0.0469. The Morgan fingerprint density at radius 1 is 1.59 bits per heavy atom. The van der Waals surface area contributed by atoms with E-state index in [9.17, 15) is 8.42 Å². The largest absolute Gasteiger partial charge is 0.326 e. The lowest BCUT2D eigenvalue weighted by Gasteiger charge is -2.18. The Labute approximate surface area is 101 Å². The van der Waals surface area contributed by atoms with Gasteiger partial charge in [-0.2, -0.15) is 5.10 Å². The van der Waals surface area contributed by atoms with Gasteiger partial charge in [0.2, 0.25) is 0 Å². The molecule has 1 heterocycles. The number of nitrogens with one attached hydrogen (secondary N) is 2. The van der Waals surface area contributed by atoms with Crippen LogP contribution in [0.15, 0.2) is 11.2 Å². The van der Waals surface area contributed by atoms with Crippen molar-refractivity contribution in [3.8, 4) is 0 Å². The van der Waals surface area contributed by atoms with E-state index in [1.165, 1.54) is 6.20 Å². The maximum atomic E-state index is 12.0. The van der Waals surface area contributed by atoms with Gasteiger partial charge in [-0.1, -0.05) is 0 Å². The highest BCUT2D eigenvalue weighted by molar-refractivity contribution is 7.89. The summed E-state index contributed by atoms with van der Waals surface area (Å²) in [4.78, 5) is 1.91. The Balaban J connectivity index is 2.82. The molecule has 0 aliphatic carbocycles. The zero-order chi connectivity index (χ0) is 13.1. The van der Waals surface area contributed by atoms with Crippen molar-refractivity contribution < 1.29 is 8.42 Å². The SMILES string of the molecule is CC(CN(C)C)NS(=O)(=O)c1[nH]ncc1CN. The van der Waals surface area contributed by atoms with Crippen molar-refractivity contribution in [3.63, 3.8) is 0 Å². The number of likely N-dealkylation sites (N-methyl/N-ethyl adjacent to an activating group) is 1. The van der Waals surface area contributed by atoms with Gasteiger partial charge in [0.25, 0.3) is 10.0 Å². The number of aromatic amines is 1. The second-order valence-electron chi connectivity index (χ2n) is 4.21. The standard InChI is InChI=1S/C9H19N5O2S/c1-7(6-14(2)3)13-17(15,16)9-8(4-10)5-11-12-9/h5,7,13H,4,6,10H2,1-3H3,(H,11,12). The molecule has 0 fully saturated rings.